The van der Waals surface area contributed by atoms with Gasteiger partial charge in [0.25, 0.3) is 0 Å². The van der Waals surface area contributed by atoms with Gasteiger partial charge in [0.1, 0.15) is 18.3 Å². The third kappa shape index (κ3) is 4.14. The molecule has 0 saturated carbocycles. The van der Waals surface area contributed by atoms with Crippen LogP contribution in [0.1, 0.15) is 25.5 Å². The fourth-order valence-corrected chi connectivity index (χ4v) is 4.70. The highest BCUT2D eigenvalue weighted by molar-refractivity contribution is 6.13. The number of aliphatic imine (C=N–C) groups is 1. The van der Waals surface area contributed by atoms with E-state index in [1.54, 1.807) is 11.2 Å². The van der Waals surface area contributed by atoms with E-state index in [0.29, 0.717) is 36.8 Å². The second kappa shape index (κ2) is 8.77. The van der Waals surface area contributed by atoms with E-state index in [9.17, 15) is 4.79 Å². The Bertz CT molecular complexity index is 1330. The molecule has 1 amide bonds. The number of nitrogens with zero attached hydrogens (tertiary/aromatic N) is 7. The van der Waals surface area contributed by atoms with E-state index in [0.717, 1.165) is 22.4 Å². The number of fused-ring (bicyclic) bond motifs is 1. The van der Waals surface area contributed by atoms with Gasteiger partial charge >= 0.3 is 6.09 Å². The molecule has 0 radical (unpaired) electrons. The Morgan fingerprint density at radius 1 is 1.20 bits per heavy atom. The molecule has 4 heterocycles. The van der Waals surface area contributed by atoms with Crippen molar-refractivity contribution < 1.29 is 9.53 Å². The van der Waals surface area contributed by atoms with Gasteiger partial charge in [0.15, 0.2) is 17.0 Å². The van der Waals surface area contributed by atoms with Crippen molar-refractivity contribution in [2.75, 3.05) is 39.0 Å². The minimum Gasteiger partial charge on any atom is -0.440 e. The summed E-state index contributed by atoms with van der Waals surface area (Å²) in [6.45, 7) is 5.61. The van der Waals surface area contributed by atoms with Crippen molar-refractivity contribution in [3.05, 3.63) is 59.7 Å². The van der Waals surface area contributed by atoms with Gasteiger partial charge in [-0.1, -0.05) is 30.3 Å². The molecule has 2 aliphatic rings. The Morgan fingerprint density at radius 3 is 2.71 bits per heavy atom. The zero-order valence-electron chi connectivity index (χ0n) is 20.7. The smallest absolute Gasteiger partial charge is 0.411 e. The Morgan fingerprint density at radius 2 is 1.97 bits per heavy atom. The fourth-order valence-electron chi connectivity index (χ4n) is 4.70. The van der Waals surface area contributed by atoms with Crippen molar-refractivity contribution in [1.29, 1.82) is 0 Å². The lowest BCUT2D eigenvalue weighted by Gasteiger charge is -2.35. The number of aromatic nitrogens is 4. The largest absolute Gasteiger partial charge is 0.440 e. The predicted octanol–water partition coefficient (Wildman–Crippen LogP) is 3.02. The van der Waals surface area contributed by atoms with Crippen LogP contribution >= 0.6 is 0 Å². The number of carbonyl (C=O) groups excluding carboxylic acids is 1. The van der Waals surface area contributed by atoms with Gasteiger partial charge in [-0.3, -0.25) is 9.89 Å². The molecule has 35 heavy (non-hydrogen) atoms. The quantitative estimate of drug-likeness (QED) is 0.607. The van der Waals surface area contributed by atoms with Crippen LogP contribution in [0, 0.1) is 0 Å². The number of aryl methyl sites for hydroxylation is 1. The number of anilines is 1. The second-order valence-corrected chi connectivity index (χ2v) is 9.69. The minimum absolute atomic E-state index is 0.339. The lowest BCUT2D eigenvalue weighted by molar-refractivity contribution is 0.0383. The maximum atomic E-state index is 13.5. The van der Waals surface area contributed by atoms with Crippen LogP contribution in [-0.2, 0) is 11.8 Å². The van der Waals surface area contributed by atoms with E-state index in [4.69, 9.17) is 9.73 Å². The zero-order chi connectivity index (χ0) is 24.7. The van der Waals surface area contributed by atoms with E-state index < -0.39 is 5.54 Å². The first-order chi connectivity index (χ1) is 16.8. The van der Waals surface area contributed by atoms with Gasteiger partial charge in [-0.2, -0.15) is 0 Å². The number of likely N-dealkylation sites (N-methyl/N-ethyl adjacent to an activating group) is 1. The van der Waals surface area contributed by atoms with E-state index in [1.807, 2.05) is 74.8 Å². The molecule has 1 atom stereocenters. The SMILES string of the molecule is CN(C)C[C@@H](OC(=O)N1CC2=C(CN=C2Nc2ncnc3c2ncn3C)C1(C)C)c1ccccc1. The molecule has 2 aromatic heterocycles. The molecule has 1 N–H and O–H groups in total. The predicted molar refractivity (Wildman–Crippen MR) is 134 cm³/mol. The Labute approximate surface area is 204 Å². The summed E-state index contributed by atoms with van der Waals surface area (Å²) < 4.78 is 7.92. The summed E-state index contributed by atoms with van der Waals surface area (Å²) in [4.78, 5) is 35.1. The summed E-state index contributed by atoms with van der Waals surface area (Å²) in [7, 11) is 5.83. The summed E-state index contributed by atoms with van der Waals surface area (Å²) in [5.41, 5.74) is 3.96. The average molecular weight is 475 g/mol. The average Bonchev–Trinajstić information content (AvgIpc) is 3.48. The number of hydrogen-bond donors (Lipinski definition) is 1. The maximum Gasteiger partial charge on any atom is 0.411 e. The second-order valence-electron chi connectivity index (χ2n) is 9.69. The van der Waals surface area contributed by atoms with Crippen molar-refractivity contribution in [2.24, 2.45) is 12.0 Å². The van der Waals surface area contributed by atoms with Crippen LogP contribution in [0.5, 0.6) is 0 Å². The number of rotatable bonds is 5. The van der Waals surface area contributed by atoms with Crippen LogP contribution in [-0.4, -0.2) is 80.5 Å². The number of carbonyl (C=O) groups is 1. The molecule has 0 spiro atoms. The van der Waals surface area contributed by atoms with Gasteiger partial charge in [-0.15, -0.1) is 0 Å². The molecule has 10 heteroatoms. The Balaban J connectivity index is 1.35. The number of amides is 1. The van der Waals surface area contributed by atoms with E-state index in [2.05, 4.69) is 20.3 Å². The zero-order valence-corrected chi connectivity index (χ0v) is 20.7. The van der Waals surface area contributed by atoms with E-state index in [-0.39, 0.29) is 12.2 Å². The van der Waals surface area contributed by atoms with E-state index in [1.165, 1.54) is 6.33 Å². The Kier molecular flexibility index (Phi) is 5.76. The molecule has 3 aromatic rings. The van der Waals surface area contributed by atoms with Crippen LogP contribution < -0.4 is 5.32 Å². The highest BCUT2D eigenvalue weighted by Crippen LogP contribution is 2.39. The molecule has 10 nitrogen and oxygen atoms in total. The summed E-state index contributed by atoms with van der Waals surface area (Å²) in [5.74, 6) is 1.30. The van der Waals surface area contributed by atoms with Gasteiger partial charge in [0.05, 0.1) is 25.0 Å². The minimum atomic E-state index is -0.523. The summed E-state index contributed by atoms with van der Waals surface area (Å²) in [6, 6.07) is 9.86. The first-order valence-corrected chi connectivity index (χ1v) is 11.6. The van der Waals surface area contributed by atoms with Crippen molar-refractivity contribution in [2.45, 2.75) is 25.5 Å². The highest BCUT2D eigenvalue weighted by Gasteiger charge is 2.46. The van der Waals surface area contributed by atoms with Crippen molar-refractivity contribution in [3.8, 4) is 0 Å². The van der Waals surface area contributed by atoms with Gasteiger partial charge < -0.3 is 19.5 Å². The molecule has 1 aromatic carbocycles. The highest BCUT2D eigenvalue weighted by atomic mass is 16.6. The summed E-state index contributed by atoms with van der Waals surface area (Å²) in [6.07, 6.45) is 2.51. The number of hydrogen-bond acceptors (Lipinski definition) is 8. The number of imidazole rings is 1. The molecular weight excluding hydrogens is 444 g/mol. The van der Waals surface area contributed by atoms with E-state index >= 15 is 0 Å². The topological polar surface area (TPSA) is 101 Å². The lowest BCUT2D eigenvalue weighted by atomic mass is 9.94. The monoisotopic (exact) mass is 474 g/mol. The first kappa shape index (κ1) is 23.0. The molecule has 2 aliphatic heterocycles. The van der Waals surface area contributed by atoms with Crippen molar-refractivity contribution in [1.82, 2.24) is 29.3 Å². The van der Waals surface area contributed by atoms with Crippen LogP contribution in [0.15, 0.2) is 59.1 Å². The van der Waals surface area contributed by atoms with Crippen LogP contribution in [0.3, 0.4) is 0 Å². The third-order valence-electron chi connectivity index (χ3n) is 6.67. The molecule has 5 rings (SSSR count). The van der Waals surface area contributed by atoms with Crippen LogP contribution in [0.2, 0.25) is 0 Å². The fraction of sp³-hybridized carbons (Fsp3) is 0.400. The number of benzene rings is 1. The van der Waals surface area contributed by atoms with Crippen LogP contribution in [0.4, 0.5) is 10.6 Å². The van der Waals surface area contributed by atoms with Crippen molar-refractivity contribution in [3.63, 3.8) is 0 Å². The molecule has 0 fully saturated rings. The summed E-state index contributed by atoms with van der Waals surface area (Å²) >= 11 is 0. The summed E-state index contributed by atoms with van der Waals surface area (Å²) in [5, 5.41) is 3.34. The van der Waals surface area contributed by atoms with Gasteiger partial charge in [0, 0.05) is 19.2 Å². The number of nitrogens with one attached hydrogen (secondary N) is 1. The lowest BCUT2D eigenvalue weighted by Crippen LogP contribution is -2.47. The maximum absolute atomic E-state index is 13.5. The normalized spacial score (nSPS) is 17.7. The number of amidine groups is 1. The number of ether oxygens (including phenoxy) is 1. The molecule has 0 bridgehead atoms. The van der Waals surface area contributed by atoms with Crippen molar-refractivity contribution >= 4 is 28.9 Å². The standard InChI is InChI=1S/C25H30N8O2/c1-25(2)18-11-26-21(30-22-20-23(28-14-27-22)32(5)15-29-20)17(18)12-33(25)24(34)35-19(13-31(3)4)16-9-7-6-8-10-16/h6-10,14-15,19H,11-13H2,1-5H3,(H,26,27,28,30)/t19-/m1/s1. The molecule has 0 unspecified atom stereocenters. The molecule has 182 valence electrons. The molecule has 0 saturated heterocycles. The Hall–Kier alpha value is -3.79. The van der Waals surface area contributed by atoms with Gasteiger partial charge in [-0.05, 0) is 39.1 Å². The third-order valence-corrected chi connectivity index (χ3v) is 6.67. The van der Waals surface area contributed by atoms with Crippen LogP contribution in [0.25, 0.3) is 11.2 Å². The first-order valence-electron chi connectivity index (χ1n) is 11.6. The molecule has 0 aliphatic carbocycles. The van der Waals surface area contributed by atoms with Gasteiger partial charge in [-0.25, -0.2) is 19.7 Å². The molecular formula is C25H30N8O2. The van der Waals surface area contributed by atoms with Gasteiger partial charge in [0.2, 0.25) is 0 Å².